The first-order valence-corrected chi connectivity index (χ1v) is 17.2. The van der Waals surface area contributed by atoms with E-state index in [2.05, 4.69) is 15.5 Å². The predicted molar refractivity (Wildman–Crippen MR) is 183 cm³/mol. The van der Waals surface area contributed by atoms with Gasteiger partial charge >= 0.3 is 0 Å². The van der Waals surface area contributed by atoms with E-state index in [4.69, 9.17) is 33.9 Å². The number of carbonyl (C=O) groups is 2. The van der Waals surface area contributed by atoms with E-state index in [1.807, 2.05) is 78.2 Å². The van der Waals surface area contributed by atoms with Crippen LogP contribution >= 0.6 is 46.3 Å². The molecule has 4 N–H and O–H groups in total. The molecule has 230 valence electrons. The molecule has 11 heteroatoms. The number of aromatic nitrogens is 1. The van der Waals surface area contributed by atoms with Crippen LogP contribution in [0.1, 0.15) is 30.4 Å². The summed E-state index contributed by atoms with van der Waals surface area (Å²) in [5, 5.41) is 9.22. The van der Waals surface area contributed by atoms with E-state index in [0.717, 1.165) is 65.6 Å². The van der Waals surface area contributed by atoms with Gasteiger partial charge < -0.3 is 16.4 Å². The van der Waals surface area contributed by atoms with Crippen molar-refractivity contribution >= 4 is 63.8 Å². The van der Waals surface area contributed by atoms with E-state index >= 15 is 0 Å². The van der Waals surface area contributed by atoms with E-state index in [0.29, 0.717) is 27.9 Å². The fraction of sp³-hybridized carbons (Fsp3) is 0.303. The molecule has 1 aromatic heterocycles. The van der Waals surface area contributed by atoms with Crippen LogP contribution < -0.4 is 16.4 Å². The Balaban J connectivity index is 1.04. The van der Waals surface area contributed by atoms with Crippen molar-refractivity contribution in [1.82, 2.24) is 15.2 Å². The second kappa shape index (κ2) is 15.9. The number of hydrogen-bond acceptors (Lipinski definition) is 7. The van der Waals surface area contributed by atoms with Gasteiger partial charge in [0.15, 0.2) is 4.34 Å². The molecular formula is C33H35Cl2N5O2S2. The van der Waals surface area contributed by atoms with Gasteiger partial charge in [-0.05, 0) is 61.1 Å². The summed E-state index contributed by atoms with van der Waals surface area (Å²) < 4.78 is 0.823. The van der Waals surface area contributed by atoms with Gasteiger partial charge in [-0.3, -0.25) is 14.5 Å². The highest BCUT2D eigenvalue weighted by Crippen LogP contribution is 2.30. The Labute approximate surface area is 276 Å². The second-order valence-electron chi connectivity index (χ2n) is 10.9. The van der Waals surface area contributed by atoms with Crippen LogP contribution in [0.4, 0.5) is 5.69 Å². The lowest BCUT2D eigenvalue weighted by molar-refractivity contribution is -0.119. The van der Waals surface area contributed by atoms with E-state index in [1.54, 1.807) is 0 Å². The van der Waals surface area contributed by atoms with Crippen LogP contribution in [0.25, 0.3) is 11.3 Å². The van der Waals surface area contributed by atoms with E-state index in [-0.39, 0.29) is 17.9 Å². The number of nitrogens with zero attached hydrogens (tertiary/aromatic N) is 2. The molecule has 1 aliphatic rings. The SMILES string of the molecule is NC(CCc1ccccc1)C(=O)Nc1cccc(-c2csc(SCC(=O)NC3CCN(Cc4ccc(Cl)c(Cl)c4)CC3)n2)c1. The largest absolute Gasteiger partial charge is 0.353 e. The maximum Gasteiger partial charge on any atom is 0.241 e. The number of rotatable bonds is 12. The molecule has 1 unspecified atom stereocenters. The van der Waals surface area contributed by atoms with Crippen molar-refractivity contribution in [3.63, 3.8) is 0 Å². The topological polar surface area (TPSA) is 100 Å². The summed E-state index contributed by atoms with van der Waals surface area (Å²) in [6.45, 7) is 2.64. The third kappa shape index (κ3) is 9.54. The summed E-state index contributed by atoms with van der Waals surface area (Å²) in [4.78, 5) is 32.5. The molecule has 1 atom stereocenters. The van der Waals surface area contributed by atoms with Crippen molar-refractivity contribution < 1.29 is 9.59 Å². The monoisotopic (exact) mass is 667 g/mol. The lowest BCUT2D eigenvalue weighted by Crippen LogP contribution is -2.44. The lowest BCUT2D eigenvalue weighted by atomic mass is 10.0. The van der Waals surface area contributed by atoms with Gasteiger partial charge in [0.1, 0.15) is 0 Å². The molecule has 0 radical (unpaired) electrons. The first-order chi connectivity index (χ1) is 21.3. The van der Waals surface area contributed by atoms with Crippen molar-refractivity contribution in [3.05, 3.63) is 99.3 Å². The molecule has 1 saturated heterocycles. The maximum absolute atomic E-state index is 12.7. The van der Waals surface area contributed by atoms with Crippen LogP contribution in [0.15, 0.2) is 82.5 Å². The number of piperidine rings is 1. The van der Waals surface area contributed by atoms with Crippen LogP contribution in [-0.4, -0.2) is 52.6 Å². The van der Waals surface area contributed by atoms with Gasteiger partial charge in [0.25, 0.3) is 0 Å². The molecule has 4 aromatic rings. The number of aryl methyl sites for hydroxylation is 1. The third-order valence-electron chi connectivity index (χ3n) is 7.50. The number of benzene rings is 3. The van der Waals surface area contributed by atoms with Gasteiger partial charge in [0.2, 0.25) is 11.8 Å². The minimum Gasteiger partial charge on any atom is -0.353 e. The van der Waals surface area contributed by atoms with E-state index in [1.165, 1.54) is 23.1 Å². The lowest BCUT2D eigenvalue weighted by Gasteiger charge is -2.32. The van der Waals surface area contributed by atoms with Crippen LogP contribution in [0.3, 0.4) is 0 Å². The number of nitrogens with one attached hydrogen (secondary N) is 2. The first kappa shape index (κ1) is 32.5. The molecule has 0 saturated carbocycles. The molecule has 2 heterocycles. The van der Waals surface area contributed by atoms with Gasteiger partial charge in [-0.2, -0.15) is 0 Å². The Morgan fingerprint density at radius 1 is 1.00 bits per heavy atom. The highest BCUT2D eigenvalue weighted by Gasteiger charge is 2.21. The molecule has 1 aliphatic heterocycles. The number of likely N-dealkylation sites (tertiary alicyclic amines) is 1. The highest BCUT2D eigenvalue weighted by atomic mass is 35.5. The number of carbonyl (C=O) groups excluding carboxylic acids is 2. The summed E-state index contributed by atoms with van der Waals surface area (Å²) in [6, 6.07) is 22.9. The average Bonchev–Trinajstić information content (AvgIpc) is 3.51. The molecule has 3 aromatic carbocycles. The Morgan fingerprint density at radius 3 is 2.57 bits per heavy atom. The van der Waals surface area contributed by atoms with Gasteiger partial charge in [-0.15, -0.1) is 11.3 Å². The van der Waals surface area contributed by atoms with Crippen molar-refractivity contribution in [2.75, 3.05) is 24.2 Å². The predicted octanol–water partition coefficient (Wildman–Crippen LogP) is 6.89. The first-order valence-electron chi connectivity index (χ1n) is 14.6. The number of hydrogen-bond donors (Lipinski definition) is 3. The molecule has 2 amide bonds. The molecule has 0 bridgehead atoms. The van der Waals surface area contributed by atoms with Crippen molar-refractivity contribution in [3.8, 4) is 11.3 Å². The zero-order chi connectivity index (χ0) is 30.9. The quantitative estimate of drug-likeness (QED) is 0.142. The van der Waals surface area contributed by atoms with Crippen LogP contribution in [0.2, 0.25) is 10.0 Å². The second-order valence-corrected chi connectivity index (χ2v) is 13.7. The van der Waals surface area contributed by atoms with E-state index < -0.39 is 6.04 Å². The number of anilines is 1. The Morgan fingerprint density at radius 2 is 1.80 bits per heavy atom. The molecule has 5 rings (SSSR count). The molecule has 44 heavy (non-hydrogen) atoms. The summed E-state index contributed by atoms with van der Waals surface area (Å²) in [5.41, 5.74) is 10.8. The van der Waals surface area contributed by atoms with E-state index in [9.17, 15) is 9.59 Å². The fourth-order valence-corrected chi connectivity index (χ4v) is 7.04. The molecular weight excluding hydrogens is 633 g/mol. The number of nitrogens with two attached hydrogens (primary N) is 1. The Hall–Kier alpha value is -2.92. The van der Waals surface area contributed by atoms with Crippen LogP contribution in [0.5, 0.6) is 0 Å². The maximum atomic E-state index is 12.7. The minimum atomic E-state index is -0.603. The van der Waals surface area contributed by atoms with Gasteiger partial charge in [-0.1, -0.05) is 83.5 Å². The molecule has 7 nitrogen and oxygen atoms in total. The molecule has 0 aliphatic carbocycles. The van der Waals surface area contributed by atoms with Crippen molar-refractivity contribution in [2.45, 2.75) is 48.7 Å². The van der Waals surface area contributed by atoms with Crippen molar-refractivity contribution in [1.29, 1.82) is 0 Å². The normalized spacial score (nSPS) is 14.7. The van der Waals surface area contributed by atoms with Crippen molar-refractivity contribution in [2.24, 2.45) is 5.73 Å². The standard InChI is InChI=1S/C33H35Cl2N5O2S2/c34-27-11-9-23(17-28(27)35)19-40-15-13-25(14-16-40)37-31(41)21-44-33-39-30(20-43-33)24-7-4-8-26(18-24)38-32(42)29(36)12-10-22-5-2-1-3-6-22/h1-9,11,17-18,20,25,29H,10,12-16,19,21,36H2,(H,37,41)(H,38,42). The van der Waals surface area contributed by atoms with Crippen LogP contribution in [0, 0.1) is 0 Å². The van der Waals surface area contributed by atoms with Gasteiger partial charge in [0, 0.05) is 42.3 Å². The highest BCUT2D eigenvalue weighted by molar-refractivity contribution is 8.01. The number of thioether (sulfide) groups is 1. The summed E-state index contributed by atoms with van der Waals surface area (Å²) >= 11 is 15.1. The minimum absolute atomic E-state index is 0.0167. The van der Waals surface area contributed by atoms with Gasteiger partial charge in [0.05, 0.1) is 27.5 Å². The van der Waals surface area contributed by atoms with Crippen LogP contribution in [-0.2, 0) is 22.6 Å². The smallest absolute Gasteiger partial charge is 0.241 e. The number of amides is 2. The average molecular weight is 669 g/mol. The van der Waals surface area contributed by atoms with Gasteiger partial charge in [-0.25, -0.2) is 4.98 Å². The molecule has 0 spiro atoms. The Bertz CT molecular complexity index is 1560. The fourth-order valence-electron chi connectivity index (χ4n) is 5.07. The summed E-state index contributed by atoms with van der Waals surface area (Å²) in [6.07, 6.45) is 3.12. The Kier molecular flexibility index (Phi) is 11.7. The third-order valence-corrected chi connectivity index (χ3v) is 10.3. The number of thiazole rings is 1. The number of halogens is 2. The zero-order valence-electron chi connectivity index (χ0n) is 24.2. The summed E-state index contributed by atoms with van der Waals surface area (Å²) in [7, 11) is 0. The summed E-state index contributed by atoms with van der Waals surface area (Å²) in [5.74, 6) is 0.117. The molecule has 1 fully saturated rings. The zero-order valence-corrected chi connectivity index (χ0v) is 27.3.